The lowest BCUT2D eigenvalue weighted by Crippen LogP contribution is -2.01. The first-order valence-electron chi connectivity index (χ1n) is 8.31. The number of hydrogen-bond acceptors (Lipinski definition) is 2. The summed E-state index contributed by atoms with van der Waals surface area (Å²) in [4.78, 5) is 0. The zero-order chi connectivity index (χ0) is 19.0. The lowest BCUT2D eigenvalue weighted by atomic mass is 10.0. The van der Waals surface area contributed by atoms with Gasteiger partial charge in [0.25, 0.3) is 10.1 Å². The van der Waals surface area contributed by atoms with Gasteiger partial charge in [-0.25, -0.2) is 0 Å². The van der Waals surface area contributed by atoms with E-state index in [9.17, 15) is 8.42 Å². The zero-order valence-electron chi connectivity index (χ0n) is 15.2. The molecule has 2 aromatic rings. The van der Waals surface area contributed by atoms with Crippen molar-refractivity contribution in [2.75, 3.05) is 0 Å². The Balaban J connectivity index is 0.000000257. The molecule has 0 radical (unpaired) electrons. The predicted octanol–water partition coefficient (Wildman–Crippen LogP) is 5.75. The molecule has 0 unspecified atom stereocenters. The summed E-state index contributed by atoms with van der Waals surface area (Å²) < 4.78 is 29.8. The molecule has 25 heavy (non-hydrogen) atoms. The maximum Gasteiger partial charge on any atom is 0.269 e. The van der Waals surface area contributed by atoms with Gasteiger partial charge in [-0.15, -0.1) is 11.6 Å². The second-order valence-electron chi connectivity index (χ2n) is 6.65. The van der Waals surface area contributed by atoms with Crippen LogP contribution in [-0.2, 0) is 21.8 Å². The average Bonchev–Trinajstić information content (AvgIpc) is 2.54. The van der Waals surface area contributed by atoms with Crippen LogP contribution >= 0.6 is 11.6 Å². The second-order valence-corrected chi connectivity index (χ2v) is 8.37. The normalized spacial score (nSPS) is 11.4. The molecule has 0 amide bonds. The summed E-state index contributed by atoms with van der Waals surface area (Å²) in [6, 6.07) is 15.7. The van der Waals surface area contributed by atoms with E-state index in [1.807, 2.05) is 12.1 Å². The first-order valence-corrected chi connectivity index (χ1v) is 10.5. The van der Waals surface area contributed by atoms with Crippen LogP contribution in [0.3, 0.4) is 0 Å². The first kappa shape index (κ1) is 21.7. The van der Waals surface area contributed by atoms with Crippen molar-refractivity contribution in [2.45, 2.75) is 51.2 Å². The van der Waals surface area contributed by atoms with Crippen molar-refractivity contribution >= 4 is 21.7 Å². The summed E-state index contributed by atoms with van der Waals surface area (Å²) in [5, 5.41) is 0. The topological polar surface area (TPSA) is 54.4 Å². The van der Waals surface area contributed by atoms with Gasteiger partial charge in [-0.1, -0.05) is 76.2 Å². The van der Waals surface area contributed by atoms with Crippen molar-refractivity contribution in [3.05, 3.63) is 70.8 Å². The van der Waals surface area contributed by atoms with Gasteiger partial charge >= 0.3 is 0 Å². The third-order valence-electron chi connectivity index (χ3n) is 3.80. The minimum Gasteiger partial charge on any atom is -0.285 e. The first-order chi connectivity index (χ1) is 11.6. The minimum absolute atomic E-state index is 0.314. The van der Waals surface area contributed by atoms with Crippen LogP contribution in [0.2, 0.25) is 0 Å². The van der Waals surface area contributed by atoms with Crippen LogP contribution < -0.4 is 0 Å². The molecule has 0 aliphatic rings. The second kappa shape index (κ2) is 9.95. The maximum atomic E-state index is 10.6. The molecule has 5 heteroatoms. The Morgan fingerprint density at radius 1 is 0.800 bits per heavy atom. The van der Waals surface area contributed by atoms with Crippen molar-refractivity contribution in [1.29, 1.82) is 0 Å². The number of rotatable bonds is 5. The summed E-state index contributed by atoms with van der Waals surface area (Å²) >= 11 is 5.66. The van der Waals surface area contributed by atoms with E-state index in [0.29, 0.717) is 23.3 Å². The van der Waals surface area contributed by atoms with Crippen molar-refractivity contribution in [3.8, 4) is 0 Å². The quantitative estimate of drug-likeness (QED) is 0.529. The standard InChI is InChI=1S/C10H13Cl.C10H14O3S/c1-8(2)10-5-3-9(7-11)4-6-10;1-8(2)10-5-3-9(4-6-10)7-14(11,12)13/h3-6,8H,7H2,1-2H3;3-6,8H,7H2,1-2H3,(H,11,12,13). The fourth-order valence-electron chi connectivity index (χ4n) is 2.20. The Kier molecular flexibility index (Phi) is 8.63. The summed E-state index contributed by atoms with van der Waals surface area (Å²) in [7, 11) is -3.91. The highest BCUT2D eigenvalue weighted by atomic mass is 35.5. The number of alkyl halides is 1. The Labute approximate surface area is 156 Å². The molecule has 2 aromatic carbocycles. The Bertz CT molecular complexity index is 734. The number of benzene rings is 2. The van der Waals surface area contributed by atoms with Gasteiger partial charge in [0.2, 0.25) is 0 Å². The van der Waals surface area contributed by atoms with Crippen molar-refractivity contribution in [3.63, 3.8) is 0 Å². The van der Waals surface area contributed by atoms with Crippen LogP contribution in [0.15, 0.2) is 48.5 Å². The molecule has 1 N–H and O–H groups in total. The van der Waals surface area contributed by atoms with Gasteiger partial charge in [0.1, 0.15) is 5.75 Å². The van der Waals surface area contributed by atoms with Crippen LogP contribution in [0.5, 0.6) is 0 Å². The van der Waals surface area contributed by atoms with Gasteiger partial charge in [0.15, 0.2) is 0 Å². The van der Waals surface area contributed by atoms with E-state index in [-0.39, 0.29) is 5.75 Å². The van der Waals surface area contributed by atoms with Crippen molar-refractivity contribution < 1.29 is 13.0 Å². The van der Waals surface area contributed by atoms with Crippen LogP contribution in [0.4, 0.5) is 0 Å². The molecule has 0 saturated heterocycles. The molecular formula is C20H27ClO3S. The molecule has 0 atom stereocenters. The van der Waals surface area contributed by atoms with E-state index < -0.39 is 10.1 Å². The van der Waals surface area contributed by atoms with E-state index in [2.05, 4.69) is 52.0 Å². The average molecular weight is 383 g/mol. The lowest BCUT2D eigenvalue weighted by molar-refractivity contribution is 0.482. The largest absolute Gasteiger partial charge is 0.285 e. The maximum absolute atomic E-state index is 10.6. The van der Waals surface area contributed by atoms with Crippen LogP contribution in [0.1, 0.15) is 61.8 Å². The predicted molar refractivity (Wildman–Crippen MR) is 106 cm³/mol. The van der Waals surface area contributed by atoms with Crippen LogP contribution in [0, 0.1) is 0 Å². The number of halogens is 1. The third kappa shape index (κ3) is 8.52. The highest BCUT2D eigenvalue weighted by molar-refractivity contribution is 7.85. The molecule has 0 bridgehead atoms. The molecular weight excluding hydrogens is 356 g/mol. The summed E-state index contributed by atoms with van der Waals surface area (Å²) in [6.45, 7) is 8.51. The fourth-order valence-corrected chi connectivity index (χ4v) is 2.99. The highest BCUT2D eigenvalue weighted by Crippen LogP contribution is 2.16. The van der Waals surface area contributed by atoms with Crippen molar-refractivity contribution in [2.24, 2.45) is 0 Å². The fraction of sp³-hybridized carbons (Fsp3) is 0.400. The summed E-state index contributed by atoms with van der Waals surface area (Å²) in [5.41, 5.74) is 4.33. The van der Waals surface area contributed by atoms with E-state index in [4.69, 9.17) is 16.2 Å². The van der Waals surface area contributed by atoms with E-state index >= 15 is 0 Å². The smallest absolute Gasteiger partial charge is 0.269 e. The lowest BCUT2D eigenvalue weighted by Gasteiger charge is -2.05. The molecule has 138 valence electrons. The molecule has 2 rings (SSSR count). The zero-order valence-corrected chi connectivity index (χ0v) is 16.8. The van der Waals surface area contributed by atoms with Crippen LogP contribution in [0.25, 0.3) is 0 Å². The monoisotopic (exact) mass is 382 g/mol. The Hall–Kier alpha value is -1.36. The molecule has 0 aromatic heterocycles. The van der Waals surface area contributed by atoms with Gasteiger partial charge < -0.3 is 0 Å². The van der Waals surface area contributed by atoms with Gasteiger partial charge in [-0.2, -0.15) is 8.42 Å². The van der Waals surface area contributed by atoms with E-state index in [1.165, 1.54) is 11.1 Å². The SMILES string of the molecule is CC(C)c1ccc(CCl)cc1.CC(C)c1ccc(CS(=O)(=O)O)cc1. The van der Waals surface area contributed by atoms with E-state index in [0.717, 1.165) is 5.56 Å². The van der Waals surface area contributed by atoms with Gasteiger partial charge in [-0.05, 0) is 34.1 Å². The van der Waals surface area contributed by atoms with Crippen molar-refractivity contribution in [1.82, 2.24) is 0 Å². The molecule has 0 fully saturated rings. The Morgan fingerprint density at radius 3 is 1.44 bits per heavy atom. The molecule has 0 heterocycles. The van der Waals surface area contributed by atoms with Gasteiger partial charge in [0, 0.05) is 5.88 Å². The van der Waals surface area contributed by atoms with Crippen LogP contribution in [-0.4, -0.2) is 13.0 Å². The summed E-state index contributed by atoms with van der Waals surface area (Å²) in [5.74, 6) is 1.33. The van der Waals surface area contributed by atoms with Gasteiger partial charge in [0.05, 0.1) is 0 Å². The minimum atomic E-state index is -3.91. The molecule has 0 aliphatic carbocycles. The Morgan fingerprint density at radius 2 is 1.16 bits per heavy atom. The number of hydrogen-bond donors (Lipinski definition) is 1. The highest BCUT2D eigenvalue weighted by Gasteiger charge is 2.06. The molecule has 3 nitrogen and oxygen atoms in total. The van der Waals surface area contributed by atoms with E-state index in [1.54, 1.807) is 12.1 Å². The summed E-state index contributed by atoms with van der Waals surface area (Å²) in [6.07, 6.45) is 0. The molecule has 0 spiro atoms. The third-order valence-corrected chi connectivity index (χ3v) is 4.80. The van der Waals surface area contributed by atoms with Gasteiger partial charge in [-0.3, -0.25) is 4.55 Å². The molecule has 0 saturated carbocycles. The molecule has 0 aliphatic heterocycles.